The maximum atomic E-state index is 13.0. The Bertz CT molecular complexity index is 779. The van der Waals surface area contributed by atoms with Crippen LogP contribution in [0.15, 0.2) is 48.5 Å². The Labute approximate surface area is 153 Å². The minimum Gasteiger partial charge on any atom is -0.324 e. The number of halogens is 1. The second-order valence-electron chi connectivity index (χ2n) is 6.81. The highest BCUT2D eigenvalue weighted by atomic mass is 19.1. The van der Waals surface area contributed by atoms with Gasteiger partial charge in [0.2, 0.25) is 0 Å². The monoisotopic (exact) mass is 354 g/mol. The standard InChI is InChI=1S/C21H23FN2O2/c1-15-3-5-16(6-4-15)20(25)17-11-13-24(14-12-17)21(26)23(2)19-9-7-18(22)8-10-19/h3-10,17H,11-14H2,1-2H3. The van der Waals surface area contributed by atoms with Crippen molar-refractivity contribution in [3.8, 4) is 0 Å². The summed E-state index contributed by atoms with van der Waals surface area (Å²) in [7, 11) is 1.68. The van der Waals surface area contributed by atoms with Crippen molar-refractivity contribution >= 4 is 17.5 Å². The first kappa shape index (κ1) is 18.1. The van der Waals surface area contributed by atoms with Crippen molar-refractivity contribution < 1.29 is 14.0 Å². The molecule has 26 heavy (non-hydrogen) atoms. The normalized spacial score (nSPS) is 15.0. The van der Waals surface area contributed by atoms with E-state index in [4.69, 9.17) is 0 Å². The van der Waals surface area contributed by atoms with Crippen molar-refractivity contribution in [2.45, 2.75) is 19.8 Å². The first-order valence-corrected chi connectivity index (χ1v) is 8.85. The van der Waals surface area contributed by atoms with Crippen LogP contribution < -0.4 is 4.90 Å². The Morgan fingerprint density at radius 2 is 1.58 bits per heavy atom. The minimum absolute atomic E-state index is 0.0436. The van der Waals surface area contributed by atoms with Gasteiger partial charge in [0.05, 0.1) is 0 Å². The van der Waals surface area contributed by atoms with Crippen LogP contribution in [0.2, 0.25) is 0 Å². The number of likely N-dealkylation sites (tertiary alicyclic amines) is 1. The van der Waals surface area contributed by atoms with Crippen LogP contribution >= 0.6 is 0 Å². The zero-order chi connectivity index (χ0) is 18.7. The van der Waals surface area contributed by atoms with Gasteiger partial charge in [0.1, 0.15) is 5.82 Å². The van der Waals surface area contributed by atoms with E-state index in [0.29, 0.717) is 31.6 Å². The summed E-state index contributed by atoms with van der Waals surface area (Å²) < 4.78 is 13.0. The molecule has 0 unspecified atom stereocenters. The number of nitrogens with zero attached hydrogens (tertiary/aromatic N) is 2. The molecule has 4 nitrogen and oxygen atoms in total. The molecule has 2 aromatic rings. The number of ketones is 1. The molecule has 2 aromatic carbocycles. The molecule has 0 spiro atoms. The Morgan fingerprint density at radius 3 is 2.15 bits per heavy atom. The minimum atomic E-state index is -0.329. The average Bonchev–Trinajstić information content (AvgIpc) is 2.67. The summed E-state index contributed by atoms with van der Waals surface area (Å²) in [4.78, 5) is 28.5. The van der Waals surface area contributed by atoms with E-state index in [9.17, 15) is 14.0 Å². The number of anilines is 1. The van der Waals surface area contributed by atoms with Crippen molar-refractivity contribution in [1.29, 1.82) is 0 Å². The lowest BCUT2D eigenvalue weighted by Gasteiger charge is -2.34. The van der Waals surface area contributed by atoms with Gasteiger partial charge in [-0.2, -0.15) is 0 Å². The molecular weight excluding hydrogens is 331 g/mol. The van der Waals surface area contributed by atoms with Crippen molar-refractivity contribution in [2.75, 3.05) is 25.0 Å². The number of rotatable bonds is 3. The molecule has 0 radical (unpaired) electrons. The van der Waals surface area contributed by atoms with E-state index in [-0.39, 0.29) is 23.5 Å². The zero-order valence-electron chi connectivity index (χ0n) is 15.1. The topological polar surface area (TPSA) is 40.6 Å². The summed E-state index contributed by atoms with van der Waals surface area (Å²) in [5, 5.41) is 0. The lowest BCUT2D eigenvalue weighted by atomic mass is 9.89. The van der Waals surface area contributed by atoms with E-state index in [1.54, 1.807) is 24.1 Å². The SMILES string of the molecule is Cc1ccc(C(=O)C2CCN(C(=O)N(C)c3ccc(F)cc3)CC2)cc1. The molecule has 1 fully saturated rings. The number of urea groups is 1. The van der Waals surface area contributed by atoms with Gasteiger partial charge in [-0.1, -0.05) is 29.8 Å². The summed E-state index contributed by atoms with van der Waals surface area (Å²) in [6.07, 6.45) is 1.32. The molecule has 0 saturated carbocycles. The van der Waals surface area contributed by atoms with Crippen molar-refractivity contribution in [2.24, 2.45) is 5.92 Å². The molecule has 0 bridgehead atoms. The molecule has 1 aliphatic rings. The third-order valence-electron chi connectivity index (χ3n) is 4.97. The molecule has 1 aliphatic heterocycles. The van der Waals surface area contributed by atoms with Gasteiger partial charge < -0.3 is 4.90 Å². The van der Waals surface area contributed by atoms with E-state index in [1.807, 2.05) is 31.2 Å². The van der Waals surface area contributed by atoms with Gasteiger partial charge in [-0.25, -0.2) is 9.18 Å². The number of carbonyl (C=O) groups is 2. The van der Waals surface area contributed by atoms with Crippen molar-refractivity contribution in [1.82, 2.24) is 4.90 Å². The van der Waals surface area contributed by atoms with Crippen LogP contribution in [0, 0.1) is 18.7 Å². The average molecular weight is 354 g/mol. The summed E-state index contributed by atoms with van der Waals surface area (Å²) >= 11 is 0. The highest BCUT2D eigenvalue weighted by molar-refractivity contribution is 5.98. The Morgan fingerprint density at radius 1 is 1.00 bits per heavy atom. The largest absolute Gasteiger partial charge is 0.324 e. The molecule has 1 saturated heterocycles. The van der Waals surface area contributed by atoms with Gasteiger partial charge in [-0.3, -0.25) is 9.69 Å². The second kappa shape index (κ2) is 7.68. The maximum absolute atomic E-state index is 13.0. The third kappa shape index (κ3) is 3.93. The number of aryl methyl sites for hydroxylation is 1. The number of Topliss-reactive ketones (excluding diaryl/α,β-unsaturated/α-hetero) is 1. The van der Waals surface area contributed by atoms with Crippen LogP contribution in [-0.2, 0) is 0 Å². The van der Waals surface area contributed by atoms with Gasteiger partial charge in [-0.15, -0.1) is 0 Å². The van der Waals surface area contributed by atoms with Crippen LogP contribution in [0.25, 0.3) is 0 Å². The lowest BCUT2D eigenvalue weighted by molar-refractivity contribution is 0.0857. The van der Waals surface area contributed by atoms with Gasteiger partial charge in [-0.05, 0) is 44.0 Å². The number of hydrogen-bond acceptors (Lipinski definition) is 2. The summed E-state index contributed by atoms with van der Waals surface area (Å²) in [6, 6.07) is 13.4. The van der Waals surface area contributed by atoms with Crippen LogP contribution in [0.3, 0.4) is 0 Å². The molecule has 0 aromatic heterocycles. The smallest absolute Gasteiger partial charge is 0.324 e. The lowest BCUT2D eigenvalue weighted by Crippen LogP contribution is -2.46. The maximum Gasteiger partial charge on any atom is 0.324 e. The van der Waals surface area contributed by atoms with Crippen molar-refractivity contribution in [3.63, 3.8) is 0 Å². The predicted molar refractivity (Wildman–Crippen MR) is 100 cm³/mol. The van der Waals surface area contributed by atoms with E-state index < -0.39 is 0 Å². The van der Waals surface area contributed by atoms with Gasteiger partial charge in [0.25, 0.3) is 0 Å². The third-order valence-corrected chi connectivity index (χ3v) is 4.97. The molecule has 136 valence electrons. The van der Waals surface area contributed by atoms with Crippen molar-refractivity contribution in [3.05, 3.63) is 65.5 Å². The quantitative estimate of drug-likeness (QED) is 0.772. The Balaban J connectivity index is 1.59. The Kier molecular flexibility index (Phi) is 5.35. The van der Waals surface area contributed by atoms with Crippen LogP contribution in [0.4, 0.5) is 14.9 Å². The van der Waals surface area contributed by atoms with Crippen LogP contribution in [0.1, 0.15) is 28.8 Å². The molecule has 0 atom stereocenters. The number of benzene rings is 2. The molecule has 0 aliphatic carbocycles. The highest BCUT2D eigenvalue weighted by Gasteiger charge is 2.29. The highest BCUT2D eigenvalue weighted by Crippen LogP contribution is 2.24. The molecular formula is C21H23FN2O2. The summed E-state index contributed by atoms with van der Waals surface area (Å²) in [5.74, 6) is -0.216. The number of carbonyl (C=O) groups excluding carboxylic acids is 2. The van der Waals surface area contributed by atoms with E-state index in [2.05, 4.69) is 0 Å². The number of piperidine rings is 1. The molecule has 1 heterocycles. The number of hydrogen-bond donors (Lipinski definition) is 0. The van der Waals surface area contributed by atoms with E-state index in [0.717, 1.165) is 11.1 Å². The van der Waals surface area contributed by atoms with Crippen LogP contribution in [-0.4, -0.2) is 36.9 Å². The molecule has 5 heteroatoms. The molecule has 2 amide bonds. The summed E-state index contributed by atoms with van der Waals surface area (Å²) in [6.45, 7) is 3.09. The molecule has 3 rings (SSSR count). The predicted octanol–water partition coefficient (Wildman–Crippen LogP) is 4.29. The Hall–Kier alpha value is -2.69. The fourth-order valence-corrected chi connectivity index (χ4v) is 3.27. The summed E-state index contributed by atoms with van der Waals surface area (Å²) in [5.41, 5.74) is 2.52. The number of amides is 2. The van der Waals surface area contributed by atoms with E-state index >= 15 is 0 Å². The van der Waals surface area contributed by atoms with Gasteiger partial charge >= 0.3 is 6.03 Å². The zero-order valence-corrected chi connectivity index (χ0v) is 15.1. The van der Waals surface area contributed by atoms with Crippen LogP contribution in [0.5, 0.6) is 0 Å². The van der Waals surface area contributed by atoms with Gasteiger partial charge in [0, 0.05) is 37.3 Å². The first-order chi connectivity index (χ1) is 12.5. The second-order valence-corrected chi connectivity index (χ2v) is 6.81. The molecule has 0 N–H and O–H groups in total. The fourth-order valence-electron chi connectivity index (χ4n) is 3.27. The van der Waals surface area contributed by atoms with Gasteiger partial charge in [0.15, 0.2) is 5.78 Å². The first-order valence-electron chi connectivity index (χ1n) is 8.85. The van der Waals surface area contributed by atoms with E-state index in [1.165, 1.54) is 17.0 Å². The fraction of sp³-hybridized carbons (Fsp3) is 0.333.